The first-order chi connectivity index (χ1) is 11.0. The molecule has 1 fully saturated rings. The number of amides is 1. The number of carbonyl (C=O) groups is 1. The first-order valence-corrected chi connectivity index (χ1v) is 7.35. The molecule has 0 N–H and O–H groups in total. The van der Waals surface area contributed by atoms with E-state index in [0.717, 1.165) is 6.07 Å². The monoisotopic (exact) mass is 338 g/mol. The van der Waals surface area contributed by atoms with Crippen molar-refractivity contribution in [3.05, 3.63) is 52.8 Å². The summed E-state index contributed by atoms with van der Waals surface area (Å²) in [5.41, 5.74) is 0.288. The number of piperazine rings is 1. The predicted octanol–water partition coefficient (Wildman–Crippen LogP) is 2.26. The molecule has 1 aliphatic rings. The molecule has 0 saturated carbocycles. The Morgan fingerprint density at radius 1 is 1.17 bits per heavy atom. The highest BCUT2D eigenvalue weighted by Gasteiger charge is 2.26. The van der Waals surface area contributed by atoms with Crippen LogP contribution in [0.1, 0.15) is 5.56 Å². The molecule has 0 atom stereocenters. The number of anilines is 1. The van der Waals surface area contributed by atoms with Crippen LogP contribution in [0.5, 0.6) is 0 Å². The first-order valence-electron chi connectivity index (χ1n) is 6.97. The van der Waals surface area contributed by atoms with Gasteiger partial charge in [0, 0.05) is 31.3 Å². The third kappa shape index (κ3) is 3.56. The molecule has 1 aliphatic heterocycles. The van der Waals surface area contributed by atoms with Crippen LogP contribution in [-0.2, 0) is 11.3 Å². The quantitative estimate of drug-likeness (QED) is 0.861. The van der Waals surface area contributed by atoms with E-state index < -0.39 is 11.6 Å². The number of benzene rings is 1. The Labute approximate surface area is 136 Å². The lowest BCUT2D eigenvalue weighted by Crippen LogP contribution is -2.50. The van der Waals surface area contributed by atoms with Gasteiger partial charge in [0.25, 0.3) is 0 Å². The lowest BCUT2D eigenvalue weighted by molar-refractivity contribution is -0.131. The number of rotatable bonds is 3. The second-order valence-corrected chi connectivity index (χ2v) is 5.61. The Morgan fingerprint density at radius 3 is 2.57 bits per heavy atom. The highest BCUT2D eigenvalue weighted by atomic mass is 35.5. The summed E-state index contributed by atoms with van der Waals surface area (Å²) >= 11 is 5.74. The van der Waals surface area contributed by atoms with Gasteiger partial charge in [-0.15, -0.1) is 0 Å². The number of carbonyl (C=O) groups excluding carboxylic acids is 1. The molecule has 120 valence electrons. The van der Waals surface area contributed by atoms with Gasteiger partial charge in [0.05, 0.1) is 17.4 Å². The van der Waals surface area contributed by atoms with Crippen LogP contribution in [0.2, 0.25) is 5.02 Å². The number of nitrogens with zero attached hydrogens (tertiary/aromatic N) is 4. The fraction of sp³-hybridized carbons (Fsp3) is 0.267. The average Bonchev–Trinajstić information content (AvgIpc) is 2.52. The van der Waals surface area contributed by atoms with Crippen molar-refractivity contribution in [1.29, 1.82) is 0 Å². The molecule has 0 radical (unpaired) electrons. The molecular formula is C15H13ClF2N4O. The van der Waals surface area contributed by atoms with Crippen molar-refractivity contribution in [2.75, 3.05) is 24.5 Å². The summed E-state index contributed by atoms with van der Waals surface area (Å²) in [6, 6.07) is 3.35. The minimum absolute atomic E-state index is 0.102. The number of aromatic nitrogens is 2. The van der Waals surface area contributed by atoms with E-state index in [9.17, 15) is 13.6 Å². The van der Waals surface area contributed by atoms with E-state index in [2.05, 4.69) is 9.97 Å². The lowest BCUT2D eigenvalue weighted by atomic mass is 10.1. The van der Waals surface area contributed by atoms with Crippen molar-refractivity contribution < 1.29 is 13.6 Å². The molecular weight excluding hydrogens is 326 g/mol. The van der Waals surface area contributed by atoms with Crippen LogP contribution >= 0.6 is 11.6 Å². The molecule has 0 unspecified atom stereocenters. The average molecular weight is 339 g/mol. The van der Waals surface area contributed by atoms with Gasteiger partial charge in [-0.05, 0) is 6.07 Å². The minimum Gasteiger partial charge on any atom is -0.335 e. The second kappa shape index (κ2) is 6.45. The standard InChI is InChI=1S/C15H13ClF2N4O/c16-11-6-19-15(20-7-11)22-4-3-21(14(23)9-22)8-10-1-2-12(17)5-13(10)18/h1-2,5-7H,3-4,8-9H2. The third-order valence-corrected chi connectivity index (χ3v) is 3.78. The molecule has 3 rings (SSSR count). The molecule has 1 aromatic carbocycles. The van der Waals surface area contributed by atoms with E-state index in [1.807, 2.05) is 0 Å². The third-order valence-electron chi connectivity index (χ3n) is 3.58. The topological polar surface area (TPSA) is 49.3 Å². The predicted molar refractivity (Wildman–Crippen MR) is 81.0 cm³/mol. The van der Waals surface area contributed by atoms with Crippen LogP contribution in [0.4, 0.5) is 14.7 Å². The van der Waals surface area contributed by atoms with Crippen LogP contribution in [0.15, 0.2) is 30.6 Å². The maximum Gasteiger partial charge on any atom is 0.242 e. The normalized spacial score (nSPS) is 15.2. The maximum atomic E-state index is 13.7. The summed E-state index contributed by atoms with van der Waals surface area (Å²) in [5, 5.41) is 0.422. The van der Waals surface area contributed by atoms with E-state index >= 15 is 0 Å². The maximum absolute atomic E-state index is 13.7. The summed E-state index contributed by atoms with van der Waals surface area (Å²) in [6.45, 7) is 1.14. The van der Waals surface area contributed by atoms with Crippen LogP contribution in [0.25, 0.3) is 0 Å². The van der Waals surface area contributed by atoms with E-state index in [1.165, 1.54) is 29.4 Å². The zero-order valence-corrected chi connectivity index (χ0v) is 12.8. The van der Waals surface area contributed by atoms with Gasteiger partial charge in [-0.2, -0.15) is 0 Å². The highest BCUT2D eigenvalue weighted by molar-refractivity contribution is 6.30. The lowest BCUT2D eigenvalue weighted by Gasteiger charge is -2.34. The Kier molecular flexibility index (Phi) is 4.38. The molecule has 2 heterocycles. The number of halogens is 3. The highest BCUT2D eigenvalue weighted by Crippen LogP contribution is 2.17. The van der Waals surface area contributed by atoms with E-state index in [1.54, 1.807) is 4.90 Å². The second-order valence-electron chi connectivity index (χ2n) is 5.17. The van der Waals surface area contributed by atoms with Gasteiger partial charge in [-0.1, -0.05) is 17.7 Å². The first kappa shape index (κ1) is 15.6. The Balaban J connectivity index is 1.67. The molecule has 23 heavy (non-hydrogen) atoms. The van der Waals surface area contributed by atoms with Crippen LogP contribution in [0.3, 0.4) is 0 Å². The number of hydrogen-bond acceptors (Lipinski definition) is 4. The smallest absolute Gasteiger partial charge is 0.242 e. The van der Waals surface area contributed by atoms with E-state index in [0.29, 0.717) is 24.1 Å². The molecule has 8 heteroatoms. The van der Waals surface area contributed by atoms with Crippen LogP contribution < -0.4 is 4.90 Å². The Morgan fingerprint density at radius 2 is 1.91 bits per heavy atom. The van der Waals surface area contributed by atoms with Gasteiger partial charge in [0.15, 0.2) is 0 Å². The summed E-state index contributed by atoms with van der Waals surface area (Å²) in [7, 11) is 0. The van der Waals surface area contributed by atoms with Crippen LogP contribution in [-0.4, -0.2) is 40.4 Å². The molecule has 5 nitrogen and oxygen atoms in total. The molecule has 2 aromatic rings. The molecule has 0 aliphatic carbocycles. The van der Waals surface area contributed by atoms with E-state index in [-0.39, 0.29) is 24.6 Å². The van der Waals surface area contributed by atoms with Crippen LogP contribution in [0, 0.1) is 11.6 Å². The molecule has 1 amide bonds. The Bertz CT molecular complexity index is 726. The van der Waals surface area contributed by atoms with Crippen molar-refractivity contribution in [3.8, 4) is 0 Å². The van der Waals surface area contributed by atoms with Crippen molar-refractivity contribution in [1.82, 2.24) is 14.9 Å². The van der Waals surface area contributed by atoms with E-state index in [4.69, 9.17) is 11.6 Å². The number of hydrogen-bond donors (Lipinski definition) is 0. The fourth-order valence-corrected chi connectivity index (χ4v) is 2.47. The summed E-state index contributed by atoms with van der Waals surface area (Å²) in [4.78, 5) is 23.7. The van der Waals surface area contributed by atoms with Gasteiger partial charge in [0.1, 0.15) is 18.2 Å². The van der Waals surface area contributed by atoms with Gasteiger partial charge >= 0.3 is 0 Å². The summed E-state index contributed by atoms with van der Waals surface area (Å²) in [5.74, 6) is -1.03. The summed E-state index contributed by atoms with van der Waals surface area (Å²) in [6.07, 6.45) is 2.93. The molecule has 0 bridgehead atoms. The van der Waals surface area contributed by atoms with Gasteiger partial charge in [-0.25, -0.2) is 18.7 Å². The largest absolute Gasteiger partial charge is 0.335 e. The zero-order valence-electron chi connectivity index (χ0n) is 12.0. The van der Waals surface area contributed by atoms with Crippen molar-refractivity contribution >= 4 is 23.5 Å². The molecule has 1 saturated heterocycles. The van der Waals surface area contributed by atoms with Gasteiger partial charge in [-0.3, -0.25) is 4.79 Å². The summed E-state index contributed by atoms with van der Waals surface area (Å²) < 4.78 is 26.6. The van der Waals surface area contributed by atoms with Crippen molar-refractivity contribution in [2.24, 2.45) is 0 Å². The Hall–Kier alpha value is -2.28. The molecule has 1 aromatic heterocycles. The zero-order chi connectivity index (χ0) is 16.4. The van der Waals surface area contributed by atoms with Gasteiger partial charge < -0.3 is 9.80 Å². The SMILES string of the molecule is O=C1CN(c2ncc(Cl)cn2)CCN1Cc1ccc(F)cc1F. The van der Waals surface area contributed by atoms with Gasteiger partial charge in [0.2, 0.25) is 11.9 Å². The minimum atomic E-state index is -0.652. The van der Waals surface area contributed by atoms with Crippen molar-refractivity contribution in [2.45, 2.75) is 6.54 Å². The fourth-order valence-electron chi connectivity index (χ4n) is 2.37. The molecule has 0 spiro atoms. The van der Waals surface area contributed by atoms with Crippen molar-refractivity contribution in [3.63, 3.8) is 0 Å².